The van der Waals surface area contributed by atoms with E-state index in [4.69, 9.17) is 5.73 Å². The van der Waals surface area contributed by atoms with Crippen LogP contribution in [0.15, 0.2) is 18.2 Å². The second-order valence-electron chi connectivity index (χ2n) is 3.49. The Morgan fingerprint density at radius 1 is 1.33 bits per heavy atom. The van der Waals surface area contributed by atoms with Crippen molar-refractivity contribution in [2.45, 2.75) is 19.9 Å². The third-order valence-corrected chi connectivity index (χ3v) is 1.98. The zero-order valence-electron chi connectivity index (χ0n) is 8.62. The standard InChI is InChI=1S/C9H12N6/c1-6(2)15-9(12-13-14-15)7-4-3-5-8(10)11-7/h3-6H,1-2H3,(H2,10,11). The number of rotatable bonds is 2. The van der Waals surface area contributed by atoms with E-state index < -0.39 is 0 Å². The van der Waals surface area contributed by atoms with Crippen molar-refractivity contribution in [2.24, 2.45) is 0 Å². The van der Waals surface area contributed by atoms with E-state index in [0.29, 0.717) is 17.3 Å². The molecule has 0 saturated carbocycles. The summed E-state index contributed by atoms with van der Waals surface area (Å²) in [5, 5.41) is 11.5. The molecule has 0 amide bonds. The van der Waals surface area contributed by atoms with E-state index in [1.165, 1.54) is 0 Å². The van der Waals surface area contributed by atoms with E-state index in [9.17, 15) is 0 Å². The molecule has 2 aromatic rings. The van der Waals surface area contributed by atoms with Crippen LogP contribution < -0.4 is 5.73 Å². The first-order valence-electron chi connectivity index (χ1n) is 4.69. The minimum absolute atomic E-state index is 0.193. The average molecular weight is 204 g/mol. The van der Waals surface area contributed by atoms with Crippen molar-refractivity contribution >= 4 is 5.82 Å². The maximum absolute atomic E-state index is 5.60. The molecule has 2 N–H and O–H groups in total. The lowest BCUT2D eigenvalue weighted by Gasteiger charge is -2.06. The smallest absolute Gasteiger partial charge is 0.200 e. The highest BCUT2D eigenvalue weighted by molar-refractivity contribution is 5.51. The van der Waals surface area contributed by atoms with Crippen molar-refractivity contribution in [3.63, 3.8) is 0 Å². The fraction of sp³-hybridized carbons (Fsp3) is 0.333. The average Bonchev–Trinajstić information content (AvgIpc) is 2.65. The summed E-state index contributed by atoms with van der Waals surface area (Å²) in [7, 11) is 0. The molecule has 2 rings (SSSR count). The van der Waals surface area contributed by atoms with E-state index >= 15 is 0 Å². The molecule has 0 atom stereocenters. The fourth-order valence-corrected chi connectivity index (χ4v) is 1.29. The quantitative estimate of drug-likeness (QED) is 0.785. The summed E-state index contributed by atoms with van der Waals surface area (Å²) in [4.78, 5) is 4.17. The summed E-state index contributed by atoms with van der Waals surface area (Å²) in [6.45, 7) is 4.01. The third-order valence-electron chi connectivity index (χ3n) is 1.98. The van der Waals surface area contributed by atoms with Crippen LogP contribution in [0.2, 0.25) is 0 Å². The Balaban J connectivity index is 2.49. The Morgan fingerprint density at radius 2 is 2.13 bits per heavy atom. The molecule has 0 aromatic carbocycles. The zero-order valence-corrected chi connectivity index (χ0v) is 8.62. The summed E-state index contributed by atoms with van der Waals surface area (Å²) in [6.07, 6.45) is 0. The number of nitrogen functional groups attached to an aromatic ring is 1. The maximum Gasteiger partial charge on any atom is 0.200 e. The lowest BCUT2D eigenvalue weighted by molar-refractivity contribution is 0.518. The molecule has 0 radical (unpaired) electrons. The van der Waals surface area contributed by atoms with Gasteiger partial charge < -0.3 is 5.73 Å². The van der Waals surface area contributed by atoms with E-state index in [0.717, 1.165) is 0 Å². The van der Waals surface area contributed by atoms with Gasteiger partial charge in [0.05, 0.1) is 6.04 Å². The van der Waals surface area contributed by atoms with Gasteiger partial charge in [0.15, 0.2) is 0 Å². The number of anilines is 1. The number of nitrogens with two attached hydrogens (primary N) is 1. The largest absolute Gasteiger partial charge is 0.384 e. The molecular weight excluding hydrogens is 192 g/mol. The summed E-state index contributed by atoms with van der Waals surface area (Å²) in [6, 6.07) is 5.59. The Morgan fingerprint density at radius 3 is 2.80 bits per heavy atom. The van der Waals surface area contributed by atoms with E-state index in [1.54, 1.807) is 10.7 Å². The monoisotopic (exact) mass is 204 g/mol. The van der Waals surface area contributed by atoms with Crippen LogP contribution >= 0.6 is 0 Å². The Labute approximate surface area is 87.1 Å². The topological polar surface area (TPSA) is 82.5 Å². The summed E-state index contributed by atoms with van der Waals surface area (Å²) < 4.78 is 1.71. The number of hydrogen-bond acceptors (Lipinski definition) is 5. The van der Waals surface area contributed by atoms with Gasteiger partial charge in [-0.15, -0.1) is 5.10 Å². The van der Waals surface area contributed by atoms with Crippen LogP contribution in [0.3, 0.4) is 0 Å². The van der Waals surface area contributed by atoms with Gasteiger partial charge in [-0.1, -0.05) is 6.07 Å². The number of aromatic nitrogens is 5. The SMILES string of the molecule is CC(C)n1nnnc1-c1cccc(N)n1. The molecular formula is C9H12N6. The van der Waals surface area contributed by atoms with Crippen LogP contribution in [-0.4, -0.2) is 25.2 Å². The second kappa shape index (κ2) is 3.64. The van der Waals surface area contributed by atoms with E-state index in [-0.39, 0.29) is 6.04 Å². The van der Waals surface area contributed by atoms with Gasteiger partial charge in [-0.2, -0.15) is 0 Å². The van der Waals surface area contributed by atoms with Crippen molar-refractivity contribution in [2.75, 3.05) is 5.73 Å². The number of nitrogens with zero attached hydrogens (tertiary/aromatic N) is 5. The second-order valence-corrected chi connectivity index (χ2v) is 3.49. The molecule has 0 aliphatic heterocycles. The fourth-order valence-electron chi connectivity index (χ4n) is 1.29. The Hall–Kier alpha value is -1.98. The van der Waals surface area contributed by atoms with Gasteiger partial charge in [-0.3, -0.25) is 0 Å². The van der Waals surface area contributed by atoms with Crippen LogP contribution in [0, 0.1) is 0 Å². The minimum Gasteiger partial charge on any atom is -0.384 e. The molecule has 6 heteroatoms. The van der Waals surface area contributed by atoms with E-state index in [1.807, 2.05) is 26.0 Å². The molecule has 2 heterocycles. The summed E-state index contributed by atoms with van der Waals surface area (Å²) in [5.74, 6) is 1.10. The lowest BCUT2D eigenvalue weighted by atomic mass is 10.3. The van der Waals surface area contributed by atoms with Gasteiger partial charge in [0, 0.05) is 0 Å². The van der Waals surface area contributed by atoms with Crippen LogP contribution in [0.4, 0.5) is 5.82 Å². The summed E-state index contributed by atoms with van der Waals surface area (Å²) in [5.41, 5.74) is 6.29. The lowest BCUT2D eigenvalue weighted by Crippen LogP contribution is -2.06. The predicted molar refractivity (Wildman–Crippen MR) is 55.8 cm³/mol. The van der Waals surface area contributed by atoms with Gasteiger partial charge in [-0.05, 0) is 36.4 Å². The first-order chi connectivity index (χ1) is 7.18. The number of pyridine rings is 1. The molecule has 78 valence electrons. The first-order valence-corrected chi connectivity index (χ1v) is 4.69. The van der Waals surface area contributed by atoms with Gasteiger partial charge >= 0.3 is 0 Å². The van der Waals surface area contributed by atoms with Crippen LogP contribution in [0.25, 0.3) is 11.5 Å². The van der Waals surface area contributed by atoms with Crippen LogP contribution in [0.5, 0.6) is 0 Å². The van der Waals surface area contributed by atoms with Crippen molar-refractivity contribution < 1.29 is 0 Å². The van der Waals surface area contributed by atoms with E-state index in [2.05, 4.69) is 20.5 Å². The van der Waals surface area contributed by atoms with Gasteiger partial charge in [0.2, 0.25) is 5.82 Å². The van der Waals surface area contributed by atoms with Crippen LogP contribution in [0.1, 0.15) is 19.9 Å². The molecule has 0 saturated heterocycles. The molecule has 15 heavy (non-hydrogen) atoms. The summed E-state index contributed by atoms with van der Waals surface area (Å²) >= 11 is 0. The van der Waals surface area contributed by atoms with Crippen molar-refractivity contribution in [1.29, 1.82) is 0 Å². The molecule has 0 aliphatic rings. The minimum atomic E-state index is 0.193. The molecule has 2 aromatic heterocycles. The van der Waals surface area contributed by atoms with Gasteiger partial charge in [0.1, 0.15) is 11.5 Å². The Kier molecular flexibility index (Phi) is 2.32. The molecule has 0 unspecified atom stereocenters. The van der Waals surface area contributed by atoms with Crippen molar-refractivity contribution in [3.8, 4) is 11.5 Å². The van der Waals surface area contributed by atoms with Gasteiger partial charge in [-0.25, -0.2) is 9.67 Å². The van der Waals surface area contributed by atoms with Crippen LogP contribution in [-0.2, 0) is 0 Å². The predicted octanol–water partition coefficient (Wildman–Crippen LogP) is 0.898. The normalized spacial score (nSPS) is 10.9. The number of tetrazole rings is 1. The highest BCUT2D eigenvalue weighted by atomic mass is 15.5. The highest BCUT2D eigenvalue weighted by Gasteiger charge is 2.12. The Bertz CT molecular complexity index is 461. The first kappa shape index (κ1) is 9.57. The molecule has 0 spiro atoms. The number of hydrogen-bond donors (Lipinski definition) is 1. The molecule has 6 nitrogen and oxygen atoms in total. The maximum atomic E-state index is 5.60. The highest BCUT2D eigenvalue weighted by Crippen LogP contribution is 2.17. The molecule has 0 bridgehead atoms. The van der Waals surface area contributed by atoms with Gasteiger partial charge in [0.25, 0.3) is 0 Å². The zero-order chi connectivity index (χ0) is 10.8. The molecule has 0 aliphatic carbocycles. The van der Waals surface area contributed by atoms with Crippen molar-refractivity contribution in [3.05, 3.63) is 18.2 Å². The molecule has 0 fully saturated rings. The third kappa shape index (κ3) is 1.78. The van der Waals surface area contributed by atoms with Crippen molar-refractivity contribution in [1.82, 2.24) is 25.2 Å².